The first-order valence-electron chi connectivity index (χ1n) is 10.1. The van der Waals surface area contributed by atoms with Gasteiger partial charge in [0.25, 0.3) is 11.8 Å². The van der Waals surface area contributed by atoms with Crippen molar-refractivity contribution in [1.29, 1.82) is 0 Å². The molecular weight excluding hydrogens is 366 g/mol. The molecule has 29 heavy (non-hydrogen) atoms. The van der Waals surface area contributed by atoms with Crippen LogP contribution in [-0.2, 0) is 4.79 Å². The van der Waals surface area contributed by atoms with Gasteiger partial charge < -0.3 is 16.0 Å². The SMILES string of the molecule is Cc1ccccc1C(=O)NCCC(=O)Nc1ccccc1C(=O)NC1CCCC1. The number of anilines is 1. The molecule has 1 aliphatic carbocycles. The minimum atomic E-state index is -0.254. The number of para-hydroxylation sites is 1. The lowest BCUT2D eigenvalue weighted by molar-refractivity contribution is -0.116. The second-order valence-corrected chi connectivity index (χ2v) is 7.37. The predicted molar refractivity (Wildman–Crippen MR) is 113 cm³/mol. The van der Waals surface area contributed by atoms with Crippen LogP contribution in [0.15, 0.2) is 48.5 Å². The molecule has 1 fully saturated rings. The Bertz CT molecular complexity index is 888. The lowest BCUT2D eigenvalue weighted by atomic mass is 10.1. The van der Waals surface area contributed by atoms with Crippen molar-refractivity contribution in [3.05, 3.63) is 65.2 Å². The zero-order valence-corrected chi connectivity index (χ0v) is 16.7. The highest BCUT2D eigenvalue weighted by Crippen LogP contribution is 2.20. The summed E-state index contributed by atoms with van der Waals surface area (Å²) in [6.07, 6.45) is 4.40. The number of benzene rings is 2. The van der Waals surface area contributed by atoms with Crippen LogP contribution >= 0.6 is 0 Å². The van der Waals surface area contributed by atoms with Gasteiger partial charge in [0.05, 0.1) is 11.3 Å². The van der Waals surface area contributed by atoms with Crippen molar-refractivity contribution in [2.45, 2.75) is 45.1 Å². The fraction of sp³-hybridized carbons (Fsp3) is 0.348. The molecule has 0 heterocycles. The minimum absolute atomic E-state index is 0.121. The molecule has 152 valence electrons. The van der Waals surface area contributed by atoms with Crippen molar-refractivity contribution in [1.82, 2.24) is 10.6 Å². The lowest BCUT2D eigenvalue weighted by Crippen LogP contribution is -2.33. The molecule has 3 amide bonds. The number of carbonyl (C=O) groups excluding carboxylic acids is 3. The maximum atomic E-state index is 12.6. The van der Waals surface area contributed by atoms with Gasteiger partial charge >= 0.3 is 0 Å². The average molecular weight is 393 g/mol. The fourth-order valence-electron chi connectivity index (χ4n) is 3.55. The number of amides is 3. The molecule has 0 aromatic heterocycles. The molecule has 6 heteroatoms. The summed E-state index contributed by atoms with van der Waals surface area (Å²) in [4.78, 5) is 37.1. The summed E-state index contributed by atoms with van der Waals surface area (Å²) in [6, 6.07) is 14.5. The van der Waals surface area contributed by atoms with E-state index in [1.54, 1.807) is 30.3 Å². The highest BCUT2D eigenvalue weighted by atomic mass is 16.2. The van der Waals surface area contributed by atoms with E-state index >= 15 is 0 Å². The molecule has 0 spiro atoms. The monoisotopic (exact) mass is 393 g/mol. The van der Waals surface area contributed by atoms with E-state index in [9.17, 15) is 14.4 Å². The minimum Gasteiger partial charge on any atom is -0.352 e. The van der Waals surface area contributed by atoms with E-state index in [0.29, 0.717) is 16.8 Å². The third-order valence-electron chi connectivity index (χ3n) is 5.16. The Morgan fingerprint density at radius 2 is 1.55 bits per heavy atom. The van der Waals surface area contributed by atoms with E-state index in [1.165, 1.54) is 0 Å². The summed E-state index contributed by atoms with van der Waals surface area (Å²) < 4.78 is 0. The molecule has 3 N–H and O–H groups in total. The van der Waals surface area contributed by atoms with Gasteiger partial charge in [0.15, 0.2) is 0 Å². The van der Waals surface area contributed by atoms with Crippen molar-refractivity contribution in [3.8, 4) is 0 Å². The van der Waals surface area contributed by atoms with Gasteiger partial charge in [0, 0.05) is 24.6 Å². The van der Waals surface area contributed by atoms with Crippen LogP contribution in [0.4, 0.5) is 5.69 Å². The van der Waals surface area contributed by atoms with E-state index in [2.05, 4.69) is 16.0 Å². The zero-order chi connectivity index (χ0) is 20.6. The van der Waals surface area contributed by atoms with Gasteiger partial charge in [0.2, 0.25) is 5.91 Å². The van der Waals surface area contributed by atoms with Crippen molar-refractivity contribution >= 4 is 23.4 Å². The number of hydrogen-bond acceptors (Lipinski definition) is 3. The van der Waals surface area contributed by atoms with E-state index in [4.69, 9.17) is 0 Å². The summed E-state index contributed by atoms with van der Waals surface area (Å²) in [5.41, 5.74) is 2.42. The van der Waals surface area contributed by atoms with Gasteiger partial charge in [-0.15, -0.1) is 0 Å². The second kappa shape index (κ2) is 9.87. The molecule has 3 rings (SSSR count). The number of aryl methyl sites for hydroxylation is 1. The van der Waals surface area contributed by atoms with Crippen LogP contribution in [0.25, 0.3) is 0 Å². The summed E-state index contributed by atoms with van der Waals surface area (Å²) in [6.45, 7) is 2.09. The number of rotatable bonds is 7. The normalized spacial score (nSPS) is 13.7. The second-order valence-electron chi connectivity index (χ2n) is 7.37. The molecule has 0 atom stereocenters. The molecule has 0 unspecified atom stereocenters. The highest BCUT2D eigenvalue weighted by molar-refractivity contribution is 6.04. The van der Waals surface area contributed by atoms with Crippen molar-refractivity contribution in [3.63, 3.8) is 0 Å². The summed E-state index contributed by atoms with van der Waals surface area (Å²) in [5, 5.41) is 8.60. The van der Waals surface area contributed by atoms with Gasteiger partial charge in [-0.05, 0) is 43.5 Å². The summed E-state index contributed by atoms with van der Waals surface area (Å²) >= 11 is 0. The van der Waals surface area contributed by atoms with Crippen LogP contribution in [-0.4, -0.2) is 30.3 Å². The van der Waals surface area contributed by atoms with Gasteiger partial charge in [0.1, 0.15) is 0 Å². The van der Waals surface area contributed by atoms with Crippen LogP contribution in [0.5, 0.6) is 0 Å². The molecule has 1 saturated carbocycles. The third kappa shape index (κ3) is 5.67. The fourth-order valence-corrected chi connectivity index (χ4v) is 3.55. The first-order chi connectivity index (χ1) is 14.0. The maximum Gasteiger partial charge on any atom is 0.253 e. The Morgan fingerprint density at radius 3 is 2.28 bits per heavy atom. The van der Waals surface area contributed by atoms with Crippen LogP contribution in [0, 0.1) is 6.92 Å². The lowest BCUT2D eigenvalue weighted by Gasteiger charge is -2.15. The first-order valence-corrected chi connectivity index (χ1v) is 10.1. The molecule has 6 nitrogen and oxygen atoms in total. The molecular formula is C23H27N3O3. The molecule has 2 aromatic carbocycles. The Morgan fingerprint density at radius 1 is 0.897 bits per heavy atom. The Labute approximate surface area is 171 Å². The Hall–Kier alpha value is -3.15. The quantitative estimate of drug-likeness (QED) is 0.673. The van der Waals surface area contributed by atoms with Gasteiger partial charge in [-0.25, -0.2) is 0 Å². The number of hydrogen-bond donors (Lipinski definition) is 3. The molecule has 0 aliphatic heterocycles. The third-order valence-corrected chi connectivity index (χ3v) is 5.16. The number of carbonyl (C=O) groups is 3. The highest BCUT2D eigenvalue weighted by Gasteiger charge is 2.20. The topological polar surface area (TPSA) is 87.3 Å². The van der Waals surface area contributed by atoms with E-state index < -0.39 is 0 Å². The Kier molecular flexibility index (Phi) is 7.00. The largest absolute Gasteiger partial charge is 0.352 e. The molecule has 1 aliphatic rings. The van der Waals surface area contributed by atoms with Crippen molar-refractivity contribution in [2.24, 2.45) is 0 Å². The Balaban J connectivity index is 1.52. The van der Waals surface area contributed by atoms with Crippen LogP contribution < -0.4 is 16.0 Å². The molecule has 0 radical (unpaired) electrons. The van der Waals surface area contributed by atoms with E-state index in [0.717, 1.165) is 31.2 Å². The zero-order valence-electron chi connectivity index (χ0n) is 16.7. The van der Waals surface area contributed by atoms with E-state index in [-0.39, 0.29) is 36.7 Å². The summed E-state index contributed by atoms with van der Waals surface area (Å²) in [5.74, 6) is -0.621. The van der Waals surface area contributed by atoms with Crippen molar-refractivity contribution in [2.75, 3.05) is 11.9 Å². The smallest absolute Gasteiger partial charge is 0.253 e. The van der Waals surface area contributed by atoms with Gasteiger partial charge in [-0.1, -0.05) is 43.2 Å². The van der Waals surface area contributed by atoms with Crippen LogP contribution in [0.2, 0.25) is 0 Å². The van der Waals surface area contributed by atoms with E-state index in [1.807, 2.05) is 25.1 Å². The molecule has 0 saturated heterocycles. The molecule has 2 aromatic rings. The number of nitrogens with one attached hydrogen (secondary N) is 3. The van der Waals surface area contributed by atoms with Crippen LogP contribution in [0.1, 0.15) is 58.4 Å². The standard InChI is InChI=1S/C23H27N3O3/c1-16-8-2-5-11-18(16)22(28)24-15-14-21(27)26-20-13-7-6-12-19(20)23(29)25-17-9-3-4-10-17/h2,5-8,11-13,17H,3-4,9-10,14-15H2,1H3,(H,24,28)(H,25,29)(H,26,27). The van der Waals surface area contributed by atoms with Gasteiger partial charge in [-0.3, -0.25) is 14.4 Å². The molecule has 0 bridgehead atoms. The van der Waals surface area contributed by atoms with Crippen LogP contribution in [0.3, 0.4) is 0 Å². The first kappa shape index (κ1) is 20.6. The maximum absolute atomic E-state index is 12.6. The van der Waals surface area contributed by atoms with Crippen molar-refractivity contribution < 1.29 is 14.4 Å². The predicted octanol–water partition coefficient (Wildman–Crippen LogP) is 3.43. The average Bonchev–Trinajstić information content (AvgIpc) is 3.21. The summed E-state index contributed by atoms with van der Waals surface area (Å²) in [7, 11) is 0. The van der Waals surface area contributed by atoms with Gasteiger partial charge in [-0.2, -0.15) is 0 Å².